The zero-order chi connectivity index (χ0) is 11.8. The van der Waals surface area contributed by atoms with Crippen LogP contribution in [0.3, 0.4) is 0 Å². The largest absolute Gasteiger partial charge is 0.343 e. The zero-order valence-corrected chi connectivity index (χ0v) is 10.6. The van der Waals surface area contributed by atoms with Crippen LogP contribution in [-0.2, 0) is 4.79 Å². The molecule has 0 saturated heterocycles. The van der Waals surface area contributed by atoms with Gasteiger partial charge in [-0.2, -0.15) is 0 Å². The molecular weight excluding hydrogens is 188 g/mol. The van der Waals surface area contributed by atoms with E-state index in [2.05, 4.69) is 13.8 Å². The minimum atomic E-state index is 0.0171. The fraction of sp³-hybridized carbons (Fsp3) is 0.917. The number of hydrogen-bond acceptors (Lipinski definition) is 2. The molecule has 0 spiro atoms. The fourth-order valence-corrected chi connectivity index (χ4v) is 1.41. The van der Waals surface area contributed by atoms with Crippen molar-refractivity contribution in [1.29, 1.82) is 0 Å². The van der Waals surface area contributed by atoms with Crippen LogP contribution in [0.5, 0.6) is 0 Å². The minimum Gasteiger partial charge on any atom is -0.343 e. The molecule has 1 amide bonds. The minimum absolute atomic E-state index is 0.0171. The maximum absolute atomic E-state index is 11.8. The Labute approximate surface area is 94.0 Å². The van der Waals surface area contributed by atoms with Gasteiger partial charge in [-0.15, -0.1) is 0 Å². The normalized spacial score (nSPS) is 14.7. The van der Waals surface area contributed by atoms with E-state index in [4.69, 9.17) is 5.73 Å². The first-order valence-electron chi connectivity index (χ1n) is 6.08. The summed E-state index contributed by atoms with van der Waals surface area (Å²) in [6.45, 7) is 10.0. The quantitative estimate of drug-likeness (QED) is 0.704. The molecule has 0 saturated carbocycles. The van der Waals surface area contributed by atoms with Gasteiger partial charge in [-0.3, -0.25) is 4.79 Å². The van der Waals surface area contributed by atoms with Crippen LogP contribution in [0.25, 0.3) is 0 Å². The number of nitrogens with zero attached hydrogens (tertiary/aromatic N) is 1. The lowest BCUT2D eigenvalue weighted by atomic mass is 10.1. The molecule has 90 valence electrons. The summed E-state index contributed by atoms with van der Waals surface area (Å²) in [5.74, 6) is 0.777. The molecule has 2 unspecified atom stereocenters. The van der Waals surface area contributed by atoms with Crippen molar-refractivity contribution < 1.29 is 4.79 Å². The summed E-state index contributed by atoms with van der Waals surface area (Å²) in [4.78, 5) is 13.8. The van der Waals surface area contributed by atoms with Gasteiger partial charge in [-0.1, -0.05) is 27.2 Å². The van der Waals surface area contributed by atoms with Crippen LogP contribution in [-0.4, -0.2) is 29.9 Å². The predicted octanol–water partition coefficient (Wildman–Crippen LogP) is 2.01. The van der Waals surface area contributed by atoms with E-state index in [9.17, 15) is 4.79 Å². The molecule has 0 aliphatic heterocycles. The molecule has 0 heterocycles. The van der Waals surface area contributed by atoms with E-state index in [1.165, 1.54) is 0 Å². The average Bonchev–Trinajstić information content (AvgIpc) is 2.24. The SMILES string of the molecule is CCC(C)CN(CC)C(=O)CC(N)CC. The number of carbonyl (C=O) groups is 1. The molecule has 0 aromatic carbocycles. The Kier molecular flexibility index (Phi) is 7.39. The van der Waals surface area contributed by atoms with Crippen LogP contribution >= 0.6 is 0 Å². The zero-order valence-electron chi connectivity index (χ0n) is 10.6. The highest BCUT2D eigenvalue weighted by atomic mass is 16.2. The fourth-order valence-electron chi connectivity index (χ4n) is 1.41. The molecule has 0 radical (unpaired) electrons. The number of nitrogens with two attached hydrogens (primary N) is 1. The second kappa shape index (κ2) is 7.69. The van der Waals surface area contributed by atoms with Gasteiger partial charge >= 0.3 is 0 Å². The first kappa shape index (κ1) is 14.4. The monoisotopic (exact) mass is 214 g/mol. The summed E-state index contributed by atoms with van der Waals surface area (Å²) in [7, 11) is 0. The second-order valence-electron chi connectivity index (χ2n) is 4.32. The van der Waals surface area contributed by atoms with Crippen molar-refractivity contribution in [3.8, 4) is 0 Å². The van der Waals surface area contributed by atoms with Crippen molar-refractivity contribution in [2.45, 2.75) is 53.0 Å². The van der Waals surface area contributed by atoms with E-state index in [0.717, 1.165) is 25.9 Å². The molecular formula is C12H26N2O. The van der Waals surface area contributed by atoms with E-state index in [0.29, 0.717) is 12.3 Å². The summed E-state index contributed by atoms with van der Waals surface area (Å²) < 4.78 is 0. The first-order valence-corrected chi connectivity index (χ1v) is 6.08. The van der Waals surface area contributed by atoms with Crippen LogP contribution in [0.15, 0.2) is 0 Å². The smallest absolute Gasteiger partial charge is 0.224 e. The number of carbonyl (C=O) groups excluding carboxylic acids is 1. The topological polar surface area (TPSA) is 46.3 Å². The molecule has 0 aliphatic carbocycles. The number of amides is 1. The van der Waals surface area contributed by atoms with Crippen molar-refractivity contribution in [2.24, 2.45) is 11.7 Å². The molecule has 3 heteroatoms. The highest BCUT2D eigenvalue weighted by molar-refractivity contribution is 5.76. The Morgan fingerprint density at radius 1 is 1.27 bits per heavy atom. The van der Waals surface area contributed by atoms with Crippen LogP contribution < -0.4 is 5.73 Å². The van der Waals surface area contributed by atoms with Gasteiger partial charge in [0.2, 0.25) is 5.91 Å². The maximum Gasteiger partial charge on any atom is 0.224 e. The van der Waals surface area contributed by atoms with Gasteiger partial charge in [0.15, 0.2) is 0 Å². The third kappa shape index (κ3) is 5.78. The molecule has 0 bridgehead atoms. The third-order valence-electron chi connectivity index (χ3n) is 2.92. The molecule has 0 aromatic heterocycles. The van der Waals surface area contributed by atoms with E-state index in [-0.39, 0.29) is 11.9 Å². The standard InChI is InChI=1S/C12H26N2O/c1-5-10(4)9-14(7-3)12(15)8-11(13)6-2/h10-11H,5-9,13H2,1-4H3. The first-order chi connectivity index (χ1) is 7.04. The highest BCUT2D eigenvalue weighted by Crippen LogP contribution is 2.07. The van der Waals surface area contributed by atoms with Gasteiger partial charge in [0.05, 0.1) is 0 Å². The molecule has 15 heavy (non-hydrogen) atoms. The van der Waals surface area contributed by atoms with Gasteiger partial charge in [0, 0.05) is 25.6 Å². The third-order valence-corrected chi connectivity index (χ3v) is 2.92. The Bertz CT molecular complexity index is 182. The molecule has 0 aliphatic rings. The molecule has 2 atom stereocenters. The van der Waals surface area contributed by atoms with Crippen molar-refractivity contribution in [2.75, 3.05) is 13.1 Å². The van der Waals surface area contributed by atoms with Gasteiger partial charge in [-0.05, 0) is 19.3 Å². The molecule has 0 rings (SSSR count). The van der Waals surface area contributed by atoms with Gasteiger partial charge in [-0.25, -0.2) is 0 Å². The molecule has 2 N–H and O–H groups in total. The maximum atomic E-state index is 11.8. The molecule has 3 nitrogen and oxygen atoms in total. The Balaban J connectivity index is 4.10. The lowest BCUT2D eigenvalue weighted by Gasteiger charge is -2.25. The predicted molar refractivity (Wildman–Crippen MR) is 64.6 cm³/mol. The van der Waals surface area contributed by atoms with Gasteiger partial charge < -0.3 is 10.6 Å². The Morgan fingerprint density at radius 2 is 1.87 bits per heavy atom. The van der Waals surface area contributed by atoms with Crippen LogP contribution in [0.2, 0.25) is 0 Å². The van der Waals surface area contributed by atoms with Crippen molar-refractivity contribution >= 4 is 5.91 Å². The van der Waals surface area contributed by atoms with Crippen molar-refractivity contribution in [3.63, 3.8) is 0 Å². The van der Waals surface area contributed by atoms with E-state index in [1.807, 2.05) is 18.7 Å². The number of hydrogen-bond donors (Lipinski definition) is 1. The lowest BCUT2D eigenvalue weighted by molar-refractivity contribution is -0.132. The van der Waals surface area contributed by atoms with Gasteiger partial charge in [0.1, 0.15) is 0 Å². The highest BCUT2D eigenvalue weighted by Gasteiger charge is 2.16. The van der Waals surface area contributed by atoms with Crippen LogP contribution in [0.1, 0.15) is 47.0 Å². The summed E-state index contributed by atoms with van der Waals surface area (Å²) in [5, 5.41) is 0. The summed E-state index contributed by atoms with van der Waals surface area (Å²) >= 11 is 0. The van der Waals surface area contributed by atoms with Crippen molar-refractivity contribution in [1.82, 2.24) is 4.90 Å². The lowest BCUT2D eigenvalue weighted by Crippen LogP contribution is -2.38. The van der Waals surface area contributed by atoms with E-state index >= 15 is 0 Å². The van der Waals surface area contributed by atoms with E-state index < -0.39 is 0 Å². The molecule has 0 aromatic rings. The Morgan fingerprint density at radius 3 is 2.27 bits per heavy atom. The van der Waals surface area contributed by atoms with E-state index in [1.54, 1.807) is 0 Å². The second-order valence-corrected chi connectivity index (χ2v) is 4.32. The van der Waals surface area contributed by atoms with Crippen molar-refractivity contribution in [3.05, 3.63) is 0 Å². The molecule has 0 fully saturated rings. The number of rotatable bonds is 7. The summed E-state index contributed by atoms with van der Waals surface area (Å²) in [6.07, 6.45) is 2.47. The average molecular weight is 214 g/mol. The summed E-state index contributed by atoms with van der Waals surface area (Å²) in [6, 6.07) is 0.0171. The van der Waals surface area contributed by atoms with Crippen LogP contribution in [0.4, 0.5) is 0 Å². The van der Waals surface area contributed by atoms with Crippen LogP contribution in [0, 0.1) is 5.92 Å². The summed E-state index contributed by atoms with van der Waals surface area (Å²) in [5.41, 5.74) is 5.78. The Hall–Kier alpha value is -0.570. The van der Waals surface area contributed by atoms with Gasteiger partial charge in [0.25, 0.3) is 0 Å².